The van der Waals surface area contributed by atoms with E-state index in [-0.39, 0.29) is 5.56 Å². The van der Waals surface area contributed by atoms with Crippen LogP contribution in [0.5, 0.6) is 0 Å². The second-order valence-electron chi connectivity index (χ2n) is 6.32. The average Bonchev–Trinajstić information content (AvgIpc) is 3.44. The van der Waals surface area contributed by atoms with Gasteiger partial charge in [0.25, 0.3) is 10.8 Å². The molecular formula is C20H15N5O2S. The second kappa shape index (κ2) is 6.97. The molecule has 0 atom stereocenters. The maximum atomic E-state index is 12.4. The minimum atomic E-state index is -0.127. The van der Waals surface area contributed by atoms with Crippen molar-refractivity contribution in [2.24, 2.45) is 4.99 Å². The number of hydrogen-bond acceptors (Lipinski definition) is 6. The highest BCUT2D eigenvalue weighted by Crippen LogP contribution is 2.27. The summed E-state index contributed by atoms with van der Waals surface area (Å²) in [6.07, 6.45) is 0.632. The monoisotopic (exact) mass is 389 g/mol. The molecule has 0 saturated heterocycles. The second-order valence-corrected chi connectivity index (χ2v) is 7.24. The first kappa shape index (κ1) is 16.8. The predicted octanol–water partition coefficient (Wildman–Crippen LogP) is 3.65. The Morgan fingerprint density at radius 2 is 1.89 bits per heavy atom. The molecule has 0 spiro atoms. The summed E-state index contributed by atoms with van der Waals surface area (Å²) in [6, 6.07) is 19.1. The number of aromatic nitrogens is 4. The van der Waals surface area contributed by atoms with Crippen molar-refractivity contribution in [2.75, 3.05) is 0 Å². The lowest BCUT2D eigenvalue weighted by Crippen LogP contribution is -2.24. The van der Waals surface area contributed by atoms with E-state index >= 15 is 0 Å². The quantitative estimate of drug-likeness (QED) is 0.538. The van der Waals surface area contributed by atoms with Crippen LogP contribution in [0.3, 0.4) is 0 Å². The molecule has 5 rings (SSSR count). The number of benzene rings is 2. The Balaban J connectivity index is 1.30. The molecule has 0 unspecified atom stereocenters. The Labute approximate surface area is 164 Å². The lowest BCUT2D eigenvalue weighted by molar-refractivity contribution is 0.466. The van der Waals surface area contributed by atoms with Crippen molar-refractivity contribution in [1.29, 1.82) is 0 Å². The molecule has 0 saturated carbocycles. The van der Waals surface area contributed by atoms with E-state index in [4.69, 9.17) is 4.42 Å². The molecule has 1 N–H and O–H groups in total. The van der Waals surface area contributed by atoms with Crippen LogP contribution in [0.2, 0.25) is 0 Å². The molecule has 1 aliphatic heterocycles. The molecule has 0 bridgehead atoms. The Morgan fingerprint density at radius 1 is 1.07 bits per heavy atom. The third-order valence-electron chi connectivity index (χ3n) is 4.40. The Kier molecular flexibility index (Phi) is 4.17. The summed E-state index contributed by atoms with van der Waals surface area (Å²) >= 11 is 1.38. The lowest BCUT2D eigenvalue weighted by Gasteiger charge is -2.00. The van der Waals surface area contributed by atoms with Crippen molar-refractivity contribution in [3.05, 3.63) is 82.3 Å². The fourth-order valence-electron chi connectivity index (χ4n) is 3.06. The van der Waals surface area contributed by atoms with E-state index in [1.165, 1.54) is 16.4 Å². The van der Waals surface area contributed by atoms with Crippen molar-refractivity contribution in [3.63, 3.8) is 0 Å². The highest BCUT2D eigenvalue weighted by Gasteiger charge is 2.18. The van der Waals surface area contributed by atoms with E-state index in [0.29, 0.717) is 29.1 Å². The van der Waals surface area contributed by atoms with Crippen LogP contribution in [0, 0.1) is 0 Å². The summed E-state index contributed by atoms with van der Waals surface area (Å²) < 4.78 is 7.19. The van der Waals surface area contributed by atoms with Gasteiger partial charge >= 0.3 is 0 Å². The largest absolute Gasteiger partial charge is 0.411 e. The van der Waals surface area contributed by atoms with Crippen LogP contribution in [-0.2, 0) is 12.2 Å². The van der Waals surface area contributed by atoms with Crippen LogP contribution in [0.15, 0.2) is 80.1 Å². The molecule has 0 radical (unpaired) electrons. The maximum absolute atomic E-state index is 12.4. The van der Waals surface area contributed by atoms with Gasteiger partial charge in [-0.1, -0.05) is 48.2 Å². The zero-order chi connectivity index (χ0) is 18.9. The summed E-state index contributed by atoms with van der Waals surface area (Å²) in [4.78, 5) is 16.9. The first-order valence-electron chi connectivity index (χ1n) is 8.75. The summed E-state index contributed by atoms with van der Waals surface area (Å²) in [5, 5.41) is 11.7. The third-order valence-corrected chi connectivity index (χ3v) is 5.27. The predicted molar refractivity (Wildman–Crippen MR) is 107 cm³/mol. The summed E-state index contributed by atoms with van der Waals surface area (Å²) in [5.74, 6) is 1.69. The number of aliphatic imine (C=N–C) groups is 1. The van der Waals surface area contributed by atoms with Crippen LogP contribution in [-0.4, -0.2) is 25.8 Å². The molecule has 138 valence electrons. The molecule has 1 aliphatic rings. The van der Waals surface area contributed by atoms with Gasteiger partial charge in [0, 0.05) is 29.5 Å². The Morgan fingerprint density at radius 3 is 2.75 bits per heavy atom. The molecule has 2 aromatic carbocycles. The number of nitrogens with zero attached hydrogens (tertiary/aromatic N) is 4. The fraction of sp³-hybridized carbons (Fsp3) is 0.100. The standard InChI is InChI=1S/C20H15N5O2S/c26-18-11-15(24-25(18)17-10-14-8-4-5-9-16(14)21-17)12-28-20-23-22-19(27-20)13-6-2-1-3-7-13/h1-9,11,24H,10,12H2. The van der Waals surface area contributed by atoms with Crippen molar-refractivity contribution in [1.82, 2.24) is 20.0 Å². The molecule has 3 heterocycles. The van der Waals surface area contributed by atoms with Crippen LogP contribution >= 0.6 is 11.8 Å². The van der Waals surface area contributed by atoms with Gasteiger partial charge < -0.3 is 4.42 Å². The van der Waals surface area contributed by atoms with Gasteiger partial charge in [-0.05, 0) is 23.8 Å². The molecule has 28 heavy (non-hydrogen) atoms. The van der Waals surface area contributed by atoms with E-state index in [1.54, 1.807) is 6.07 Å². The van der Waals surface area contributed by atoms with Gasteiger partial charge in [-0.25, -0.2) is 9.67 Å². The number of hydrogen-bond donors (Lipinski definition) is 1. The van der Waals surface area contributed by atoms with Crippen LogP contribution < -0.4 is 5.56 Å². The van der Waals surface area contributed by atoms with Gasteiger partial charge in [-0.3, -0.25) is 9.89 Å². The summed E-state index contributed by atoms with van der Waals surface area (Å²) in [5.41, 5.74) is 3.55. The molecule has 7 nitrogen and oxygen atoms in total. The minimum absolute atomic E-state index is 0.127. The van der Waals surface area contributed by atoms with Crippen LogP contribution in [0.25, 0.3) is 11.5 Å². The van der Waals surface area contributed by atoms with E-state index in [9.17, 15) is 4.79 Å². The third kappa shape index (κ3) is 3.18. The zero-order valence-corrected chi connectivity index (χ0v) is 15.5. The van der Waals surface area contributed by atoms with Gasteiger partial charge in [0.1, 0.15) is 5.84 Å². The first-order chi connectivity index (χ1) is 13.8. The number of rotatable bonds is 4. The minimum Gasteiger partial charge on any atom is -0.411 e. The van der Waals surface area contributed by atoms with Crippen molar-refractivity contribution >= 4 is 23.3 Å². The molecule has 2 aromatic heterocycles. The van der Waals surface area contributed by atoms with E-state index < -0.39 is 0 Å². The fourth-order valence-corrected chi connectivity index (χ4v) is 3.73. The number of para-hydroxylation sites is 1. The number of thioether (sulfide) groups is 1. The van der Waals surface area contributed by atoms with E-state index in [2.05, 4.69) is 20.3 Å². The van der Waals surface area contributed by atoms with Crippen molar-refractivity contribution in [3.8, 4) is 11.5 Å². The van der Waals surface area contributed by atoms with Crippen molar-refractivity contribution < 1.29 is 4.42 Å². The van der Waals surface area contributed by atoms with Gasteiger partial charge in [0.15, 0.2) is 0 Å². The first-order valence-corrected chi connectivity index (χ1v) is 9.73. The summed E-state index contributed by atoms with van der Waals surface area (Å²) in [6.45, 7) is 0. The number of H-pyrrole nitrogens is 1. The van der Waals surface area contributed by atoms with Crippen LogP contribution in [0.4, 0.5) is 5.69 Å². The van der Waals surface area contributed by atoms with Crippen LogP contribution in [0.1, 0.15) is 11.3 Å². The average molecular weight is 389 g/mol. The SMILES string of the molecule is O=c1cc(CSc2nnc(-c3ccccc3)o2)[nH]n1C1=Nc2ccccc2C1. The highest BCUT2D eigenvalue weighted by molar-refractivity contribution is 7.98. The van der Waals surface area contributed by atoms with E-state index in [0.717, 1.165) is 22.5 Å². The van der Waals surface area contributed by atoms with Gasteiger partial charge in [-0.15, -0.1) is 10.2 Å². The molecular weight excluding hydrogens is 374 g/mol. The van der Waals surface area contributed by atoms with Gasteiger partial charge in [0.05, 0.1) is 5.69 Å². The van der Waals surface area contributed by atoms with Gasteiger partial charge in [0.2, 0.25) is 5.89 Å². The molecule has 0 aliphatic carbocycles. The summed E-state index contributed by atoms with van der Waals surface area (Å²) in [7, 11) is 0. The highest BCUT2D eigenvalue weighted by atomic mass is 32.2. The number of fused-ring (bicyclic) bond motifs is 1. The molecule has 4 aromatic rings. The zero-order valence-electron chi connectivity index (χ0n) is 14.7. The molecule has 0 fully saturated rings. The van der Waals surface area contributed by atoms with Gasteiger partial charge in [-0.2, -0.15) is 0 Å². The molecule has 0 amide bonds. The molecule has 8 heteroatoms. The van der Waals surface area contributed by atoms with E-state index in [1.807, 2.05) is 54.6 Å². The maximum Gasteiger partial charge on any atom is 0.277 e. The normalized spacial score (nSPS) is 12.8. The Hall–Kier alpha value is -3.39. The smallest absolute Gasteiger partial charge is 0.277 e. The topological polar surface area (TPSA) is 89.1 Å². The lowest BCUT2D eigenvalue weighted by atomic mass is 10.1. The van der Waals surface area contributed by atoms with Crippen molar-refractivity contribution in [2.45, 2.75) is 17.4 Å². The number of aromatic amines is 1. The number of nitrogens with one attached hydrogen (secondary N) is 1. The Bertz CT molecular complexity index is 1220.